The van der Waals surface area contributed by atoms with Gasteiger partial charge in [0.2, 0.25) is 5.09 Å². The van der Waals surface area contributed by atoms with Gasteiger partial charge in [-0.3, -0.25) is 4.90 Å². The Morgan fingerprint density at radius 3 is 2.45 bits per heavy atom. The Kier molecular flexibility index (Phi) is 6.30. The molecule has 1 fully saturated rings. The third-order valence-electron chi connectivity index (χ3n) is 5.15. The standard InChI is InChI=1S/C20H27N3O5S/c1-15-13-23(17-7-5-16(6-8-17)20(24)27-4)12-11-22(15)14-18-9-10-19(28-18)29(25,26)21(2)3/h5-10,15H,11-14H2,1-4H3. The number of furan rings is 1. The van der Waals surface area contributed by atoms with Crippen molar-refractivity contribution in [3.05, 3.63) is 47.7 Å². The average molecular weight is 422 g/mol. The summed E-state index contributed by atoms with van der Waals surface area (Å²) in [5.41, 5.74) is 1.59. The zero-order valence-corrected chi connectivity index (χ0v) is 18.0. The highest BCUT2D eigenvalue weighted by atomic mass is 32.2. The van der Waals surface area contributed by atoms with Crippen LogP contribution in [-0.2, 0) is 21.3 Å². The van der Waals surface area contributed by atoms with Crippen molar-refractivity contribution in [1.82, 2.24) is 9.21 Å². The van der Waals surface area contributed by atoms with E-state index in [1.165, 1.54) is 27.3 Å². The van der Waals surface area contributed by atoms with E-state index in [0.717, 1.165) is 29.6 Å². The summed E-state index contributed by atoms with van der Waals surface area (Å²) in [6, 6.07) is 10.9. The van der Waals surface area contributed by atoms with Crippen molar-refractivity contribution in [3.8, 4) is 0 Å². The minimum absolute atomic E-state index is 0.0329. The van der Waals surface area contributed by atoms with Crippen molar-refractivity contribution in [2.75, 3.05) is 45.7 Å². The van der Waals surface area contributed by atoms with Gasteiger partial charge in [-0.15, -0.1) is 0 Å². The summed E-state index contributed by atoms with van der Waals surface area (Å²) in [6.07, 6.45) is 0. The third kappa shape index (κ3) is 4.63. The number of piperazine rings is 1. The highest BCUT2D eigenvalue weighted by molar-refractivity contribution is 7.88. The molecule has 0 radical (unpaired) electrons. The van der Waals surface area contributed by atoms with Gasteiger partial charge in [-0.2, -0.15) is 0 Å². The average Bonchev–Trinajstić information content (AvgIpc) is 3.18. The SMILES string of the molecule is COC(=O)c1ccc(N2CCN(Cc3ccc(S(=O)(=O)N(C)C)o3)C(C)C2)cc1. The van der Waals surface area contributed by atoms with Gasteiger partial charge in [0.25, 0.3) is 10.0 Å². The Hall–Kier alpha value is -2.36. The van der Waals surface area contributed by atoms with Gasteiger partial charge in [-0.25, -0.2) is 17.5 Å². The van der Waals surface area contributed by atoms with Crippen LogP contribution in [0.2, 0.25) is 0 Å². The van der Waals surface area contributed by atoms with E-state index in [1.807, 2.05) is 12.1 Å². The van der Waals surface area contributed by atoms with E-state index in [1.54, 1.807) is 18.2 Å². The molecule has 2 heterocycles. The summed E-state index contributed by atoms with van der Waals surface area (Å²) in [7, 11) is 0.776. The topological polar surface area (TPSA) is 83.3 Å². The number of hydrogen-bond donors (Lipinski definition) is 0. The number of ether oxygens (including phenoxy) is 1. The number of benzene rings is 1. The largest absolute Gasteiger partial charge is 0.465 e. The summed E-state index contributed by atoms with van der Waals surface area (Å²) < 4.78 is 35.8. The number of carbonyl (C=O) groups excluding carboxylic acids is 1. The fourth-order valence-electron chi connectivity index (χ4n) is 3.35. The second-order valence-electron chi connectivity index (χ2n) is 7.31. The van der Waals surface area contributed by atoms with Gasteiger partial charge in [0.1, 0.15) is 5.76 Å². The summed E-state index contributed by atoms with van der Waals surface area (Å²) in [6.45, 7) is 5.15. The molecular weight excluding hydrogens is 394 g/mol. The second-order valence-corrected chi connectivity index (χ2v) is 9.39. The fourth-order valence-corrected chi connectivity index (χ4v) is 4.17. The van der Waals surface area contributed by atoms with Crippen molar-refractivity contribution < 1.29 is 22.4 Å². The van der Waals surface area contributed by atoms with Crippen molar-refractivity contribution in [2.24, 2.45) is 0 Å². The van der Waals surface area contributed by atoms with Crippen LogP contribution in [0.15, 0.2) is 45.9 Å². The Labute approximate surface area is 171 Å². The molecule has 3 rings (SSSR count). The first-order chi connectivity index (χ1) is 13.7. The molecule has 2 aromatic rings. The van der Waals surface area contributed by atoms with Gasteiger partial charge in [0, 0.05) is 45.5 Å². The predicted octanol–water partition coefficient (Wildman–Crippen LogP) is 2.03. The summed E-state index contributed by atoms with van der Waals surface area (Å²) >= 11 is 0. The lowest BCUT2D eigenvalue weighted by Gasteiger charge is -2.40. The maximum absolute atomic E-state index is 12.2. The molecule has 1 atom stereocenters. The molecule has 158 valence electrons. The fraction of sp³-hybridized carbons (Fsp3) is 0.450. The van der Waals surface area contributed by atoms with Gasteiger partial charge < -0.3 is 14.1 Å². The summed E-state index contributed by atoms with van der Waals surface area (Å²) in [5.74, 6) is 0.289. The molecule has 0 aliphatic carbocycles. The minimum Gasteiger partial charge on any atom is -0.465 e. The number of esters is 1. The van der Waals surface area contributed by atoms with Crippen molar-refractivity contribution in [1.29, 1.82) is 0 Å². The van der Waals surface area contributed by atoms with E-state index in [2.05, 4.69) is 16.7 Å². The van der Waals surface area contributed by atoms with Gasteiger partial charge in [0.05, 0.1) is 19.2 Å². The van der Waals surface area contributed by atoms with Crippen molar-refractivity contribution in [3.63, 3.8) is 0 Å². The second kappa shape index (κ2) is 8.56. The monoisotopic (exact) mass is 421 g/mol. The van der Waals surface area contributed by atoms with Gasteiger partial charge in [-0.05, 0) is 43.3 Å². The van der Waals surface area contributed by atoms with Crippen LogP contribution < -0.4 is 4.90 Å². The van der Waals surface area contributed by atoms with Crippen molar-refractivity contribution >= 4 is 21.7 Å². The summed E-state index contributed by atoms with van der Waals surface area (Å²) in [5, 5.41) is -0.0329. The Morgan fingerprint density at radius 2 is 1.86 bits per heavy atom. The van der Waals surface area contributed by atoms with Crippen LogP contribution in [0.3, 0.4) is 0 Å². The first-order valence-electron chi connectivity index (χ1n) is 9.41. The molecule has 8 nitrogen and oxygen atoms in total. The van der Waals surface area contributed by atoms with E-state index in [9.17, 15) is 13.2 Å². The molecule has 1 aliphatic heterocycles. The van der Waals surface area contributed by atoms with Crippen LogP contribution >= 0.6 is 0 Å². The number of anilines is 1. The predicted molar refractivity (Wildman–Crippen MR) is 109 cm³/mol. The first-order valence-corrected chi connectivity index (χ1v) is 10.8. The van der Waals surface area contributed by atoms with E-state index in [-0.39, 0.29) is 17.1 Å². The van der Waals surface area contributed by atoms with Crippen LogP contribution in [0.4, 0.5) is 5.69 Å². The molecule has 1 saturated heterocycles. The Balaban J connectivity index is 1.62. The number of sulfonamides is 1. The minimum atomic E-state index is -3.56. The van der Waals surface area contributed by atoms with Crippen LogP contribution in [0.25, 0.3) is 0 Å². The highest BCUT2D eigenvalue weighted by Gasteiger charge is 2.26. The first kappa shape index (κ1) is 21.4. The van der Waals surface area contributed by atoms with Gasteiger partial charge >= 0.3 is 5.97 Å². The number of methoxy groups -OCH3 is 1. The van der Waals surface area contributed by atoms with Crippen LogP contribution in [0, 0.1) is 0 Å². The highest BCUT2D eigenvalue weighted by Crippen LogP contribution is 2.23. The van der Waals surface area contributed by atoms with Crippen LogP contribution in [0.5, 0.6) is 0 Å². The normalized spacial score (nSPS) is 18.2. The zero-order chi connectivity index (χ0) is 21.2. The molecule has 1 unspecified atom stereocenters. The van der Waals surface area contributed by atoms with Gasteiger partial charge in [-0.1, -0.05) is 0 Å². The zero-order valence-electron chi connectivity index (χ0n) is 17.2. The van der Waals surface area contributed by atoms with E-state index in [4.69, 9.17) is 9.15 Å². The molecule has 9 heteroatoms. The number of hydrogen-bond acceptors (Lipinski definition) is 7. The van der Waals surface area contributed by atoms with Crippen LogP contribution in [-0.4, -0.2) is 70.5 Å². The smallest absolute Gasteiger partial charge is 0.337 e. The van der Waals surface area contributed by atoms with Gasteiger partial charge in [0.15, 0.2) is 0 Å². The lowest BCUT2D eigenvalue weighted by Crippen LogP contribution is -2.51. The van der Waals surface area contributed by atoms with E-state index >= 15 is 0 Å². The molecule has 0 N–H and O–H groups in total. The van der Waals surface area contributed by atoms with E-state index < -0.39 is 10.0 Å². The maximum atomic E-state index is 12.2. The lowest BCUT2D eigenvalue weighted by molar-refractivity contribution is 0.0600. The number of rotatable bonds is 6. The third-order valence-corrected chi connectivity index (χ3v) is 6.84. The molecule has 1 aromatic heterocycles. The molecule has 0 bridgehead atoms. The molecule has 0 amide bonds. The Bertz CT molecular complexity index is 953. The molecule has 0 spiro atoms. The van der Waals surface area contributed by atoms with Crippen molar-refractivity contribution in [2.45, 2.75) is 24.6 Å². The number of carbonyl (C=O) groups is 1. The maximum Gasteiger partial charge on any atom is 0.337 e. The van der Waals surface area contributed by atoms with E-state index in [0.29, 0.717) is 17.9 Å². The quantitative estimate of drug-likeness (QED) is 0.660. The molecule has 1 aromatic carbocycles. The lowest BCUT2D eigenvalue weighted by atomic mass is 10.1. The number of nitrogens with zero attached hydrogens (tertiary/aromatic N) is 3. The molecule has 29 heavy (non-hydrogen) atoms. The van der Waals surface area contributed by atoms with Crippen LogP contribution in [0.1, 0.15) is 23.0 Å². The Morgan fingerprint density at radius 1 is 1.17 bits per heavy atom. The summed E-state index contributed by atoms with van der Waals surface area (Å²) in [4.78, 5) is 16.1. The molecule has 0 saturated carbocycles. The molecular formula is C20H27N3O5S. The molecule has 1 aliphatic rings.